The lowest BCUT2D eigenvalue weighted by atomic mass is 9.97. The van der Waals surface area contributed by atoms with Crippen molar-refractivity contribution in [2.75, 3.05) is 49.0 Å². The molecule has 0 amide bonds. The van der Waals surface area contributed by atoms with Gasteiger partial charge in [-0.3, -0.25) is 4.79 Å². The lowest BCUT2D eigenvalue weighted by Crippen LogP contribution is -2.15. The van der Waals surface area contributed by atoms with Crippen LogP contribution in [0.2, 0.25) is 0 Å². The van der Waals surface area contributed by atoms with E-state index in [-0.39, 0.29) is 30.8 Å². The second-order valence-corrected chi connectivity index (χ2v) is 31.4. The van der Waals surface area contributed by atoms with Crippen molar-refractivity contribution in [1.82, 2.24) is 0 Å². The molecule has 0 aromatic carbocycles. The van der Waals surface area contributed by atoms with Crippen LogP contribution in [-0.4, -0.2) is 84.5 Å². The van der Waals surface area contributed by atoms with Crippen LogP contribution in [0.1, 0.15) is 206 Å². The lowest BCUT2D eigenvalue weighted by Gasteiger charge is -2.28. The zero-order chi connectivity index (χ0) is 48.7. The van der Waals surface area contributed by atoms with Gasteiger partial charge in [0.2, 0.25) is 22.7 Å². The minimum absolute atomic E-state index is 0.0199. The molecule has 0 aliphatic rings. The first-order valence-corrected chi connectivity index (χ1v) is 37.1. The Morgan fingerprint density at radius 3 is 1.26 bits per heavy atom. The summed E-state index contributed by atoms with van der Waals surface area (Å²) >= 11 is 6.90. The van der Waals surface area contributed by atoms with Crippen molar-refractivity contribution in [2.24, 2.45) is 23.7 Å². The standard InChI is InChI=1S/C48H100O9P4S4/c1-14-22-26-44(18-5)30-32-58(51-34-45(19-6)27-23-15-2)63-37-41(11)56-61(65-39-43(13)55-60(54-40(9)10)62-33-31-48(49)50)57-42(12)38-64-59(52-35-46(20-7)28-24-16-3)53-36-47(21-8)29-25-17-4/h40-47H,14-39H2,1-13H3,(H,49,50). The quantitative estimate of drug-likeness (QED) is 0.0586. The Hall–Kier alpha value is 2.31. The molecule has 0 fully saturated rings. The highest BCUT2D eigenvalue weighted by atomic mass is 32.7. The summed E-state index contributed by atoms with van der Waals surface area (Å²) in [5.74, 6) is 4.41. The summed E-state index contributed by atoms with van der Waals surface area (Å²) in [6, 6.07) is 0. The number of unbranched alkanes of at least 4 members (excludes halogenated alkanes) is 4. The van der Waals surface area contributed by atoms with Crippen LogP contribution in [0.3, 0.4) is 0 Å². The molecule has 65 heavy (non-hydrogen) atoms. The van der Waals surface area contributed by atoms with Gasteiger partial charge in [0, 0.05) is 29.2 Å². The maximum Gasteiger partial charge on any atom is 0.304 e. The molecule has 10 atom stereocenters. The predicted molar refractivity (Wildman–Crippen MR) is 298 cm³/mol. The van der Waals surface area contributed by atoms with E-state index >= 15 is 0 Å². The molecule has 0 heterocycles. The molecule has 0 aliphatic carbocycles. The van der Waals surface area contributed by atoms with E-state index in [1.807, 2.05) is 25.2 Å². The van der Waals surface area contributed by atoms with E-state index in [0.717, 1.165) is 56.2 Å². The van der Waals surface area contributed by atoms with Gasteiger partial charge in [-0.05, 0) is 84.0 Å². The fourth-order valence-electron chi connectivity index (χ4n) is 6.43. The molecule has 0 saturated carbocycles. The van der Waals surface area contributed by atoms with Gasteiger partial charge in [0.15, 0.2) is 0 Å². The van der Waals surface area contributed by atoms with Gasteiger partial charge < -0.3 is 36.8 Å². The van der Waals surface area contributed by atoms with E-state index in [0.29, 0.717) is 29.3 Å². The van der Waals surface area contributed by atoms with Gasteiger partial charge in [0.25, 0.3) is 0 Å². The van der Waals surface area contributed by atoms with E-state index in [9.17, 15) is 9.90 Å². The molecule has 0 bridgehead atoms. The molecule has 0 saturated heterocycles. The Kier molecular flexibility index (Phi) is 47.8. The summed E-state index contributed by atoms with van der Waals surface area (Å²) in [6.07, 6.45) is 21.7. The summed E-state index contributed by atoms with van der Waals surface area (Å²) in [5, 5.41) is 9.23. The van der Waals surface area contributed by atoms with Crippen molar-refractivity contribution >= 4 is 81.6 Å². The highest BCUT2D eigenvalue weighted by Crippen LogP contribution is 2.60. The maximum absolute atomic E-state index is 11.2. The van der Waals surface area contributed by atoms with Gasteiger partial charge >= 0.3 is 5.97 Å². The van der Waals surface area contributed by atoms with Gasteiger partial charge in [-0.25, -0.2) is 0 Å². The third kappa shape index (κ3) is 39.5. The molecule has 10 unspecified atom stereocenters. The van der Waals surface area contributed by atoms with E-state index in [1.165, 1.54) is 108 Å². The number of aliphatic carboxylic acids is 1. The molecule has 0 rings (SSSR count). The summed E-state index contributed by atoms with van der Waals surface area (Å²) in [7, 11) is -4.36. The number of hydrogen-bond acceptors (Lipinski definition) is 12. The molecule has 0 spiro atoms. The van der Waals surface area contributed by atoms with Crippen LogP contribution in [0.25, 0.3) is 0 Å². The molecule has 9 nitrogen and oxygen atoms in total. The molecular formula is C48H100O9P4S4. The van der Waals surface area contributed by atoms with Crippen LogP contribution in [-0.2, 0) is 36.5 Å². The largest absolute Gasteiger partial charge is 0.481 e. The van der Waals surface area contributed by atoms with E-state index < -0.39 is 36.1 Å². The minimum Gasteiger partial charge on any atom is -0.481 e. The minimum atomic E-state index is -1.32. The van der Waals surface area contributed by atoms with Crippen LogP contribution in [0.4, 0.5) is 0 Å². The third-order valence-corrected chi connectivity index (χ3v) is 25.4. The third-order valence-electron chi connectivity index (χ3n) is 11.1. The Labute approximate surface area is 423 Å². The number of carbonyl (C=O) groups is 1. The first-order valence-electron chi connectivity index (χ1n) is 25.7. The van der Waals surface area contributed by atoms with Gasteiger partial charge in [-0.2, -0.15) is 0 Å². The fourth-order valence-corrected chi connectivity index (χ4v) is 20.7. The second-order valence-electron chi connectivity index (χ2n) is 17.8. The number of carboxylic acid groups (broad SMARTS) is 1. The van der Waals surface area contributed by atoms with Gasteiger partial charge in [0.05, 0.1) is 58.0 Å². The number of rotatable bonds is 49. The zero-order valence-corrected chi connectivity index (χ0v) is 50.5. The zero-order valence-electron chi connectivity index (χ0n) is 43.6. The lowest BCUT2D eigenvalue weighted by molar-refractivity contribution is -0.136. The van der Waals surface area contributed by atoms with Gasteiger partial charge in [-0.1, -0.05) is 173 Å². The normalized spacial score (nSPS) is 17.3. The molecule has 390 valence electrons. The van der Waals surface area contributed by atoms with Crippen LogP contribution < -0.4 is 0 Å². The average molecular weight is 1070 g/mol. The van der Waals surface area contributed by atoms with E-state index in [1.54, 1.807) is 22.8 Å². The van der Waals surface area contributed by atoms with Crippen LogP contribution >= 0.6 is 75.6 Å². The predicted octanol–water partition coefficient (Wildman–Crippen LogP) is 19.3. The molecule has 0 radical (unpaired) electrons. The first kappa shape index (κ1) is 67.3. The fraction of sp³-hybridized carbons (Fsp3) is 0.979. The van der Waals surface area contributed by atoms with Crippen molar-refractivity contribution in [3.63, 3.8) is 0 Å². The molecule has 1 N–H and O–H groups in total. The summed E-state index contributed by atoms with van der Waals surface area (Å²) in [5.41, 5.74) is 0. The Balaban J connectivity index is 6.10. The van der Waals surface area contributed by atoms with E-state index in [2.05, 4.69) is 76.2 Å². The van der Waals surface area contributed by atoms with Crippen LogP contribution in [0.5, 0.6) is 0 Å². The smallest absolute Gasteiger partial charge is 0.304 e. The highest BCUT2D eigenvalue weighted by molar-refractivity contribution is 8.54. The van der Waals surface area contributed by atoms with Crippen molar-refractivity contribution in [3.05, 3.63) is 0 Å². The van der Waals surface area contributed by atoms with Crippen LogP contribution in [0.15, 0.2) is 0 Å². The molecule has 0 aliphatic heterocycles. The number of hydrogen-bond donors (Lipinski definition) is 1. The number of carboxylic acids is 1. The van der Waals surface area contributed by atoms with Crippen molar-refractivity contribution in [1.29, 1.82) is 0 Å². The van der Waals surface area contributed by atoms with Crippen molar-refractivity contribution in [2.45, 2.75) is 230 Å². The van der Waals surface area contributed by atoms with Gasteiger partial charge in [0.1, 0.15) is 0 Å². The SMILES string of the molecule is CCCCC(CC)CCP(OCC(CC)CCCC)SCC(C)OP(OC(C)CSP(OCC(CC)CCCC)OCC(CC)CCCC)SCC(C)OP(OC(C)C)SCCC(=O)O. The van der Waals surface area contributed by atoms with E-state index in [4.69, 9.17) is 31.7 Å². The molecule has 0 aromatic heterocycles. The van der Waals surface area contributed by atoms with Crippen molar-refractivity contribution < 1.29 is 41.6 Å². The van der Waals surface area contributed by atoms with Gasteiger partial charge in [-0.15, -0.1) is 11.4 Å². The Morgan fingerprint density at radius 2 is 0.862 bits per heavy atom. The summed E-state index contributed by atoms with van der Waals surface area (Å²) in [4.78, 5) is 11.2. The summed E-state index contributed by atoms with van der Waals surface area (Å²) in [6.45, 7) is 31.0. The van der Waals surface area contributed by atoms with Crippen LogP contribution in [0, 0.1) is 23.7 Å². The summed E-state index contributed by atoms with van der Waals surface area (Å²) < 4.78 is 46.3. The first-order chi connectivity index (χ1) is 31.3. The second kappa shape index (κ2) is 46.1. The molecule has 0 aromatic rings. The molecule has 17 heteroatoms. The Morgan fingerprint density at radius 1 is 0.477 bits per heavy atom. The average Bonchev–Trinajstić information content (AvgIpc) is 3.28. The Bertz CT molecular complexity index is 973. The topological polar surface area (TPSA) is 102 Å². The maximum atomic E-state index is 11.2. The monoisotopic (exact) mass is 1070 g/mol. The van der Waals surface area contributed by atoms with Crippen molar-refractivity contribution in [3.8, 4) is 0 Å². The molecular weight excluding hydrogens is 973 g/mol. The highest BCUT2D eigenvalue weighted by Gasteiger charge is 2.27.